The van der Waals surface area contributed by atoms with E-state index < -0.39 is 0 Å². The minimum atomic E-state index is -0.209. The van der Waals surface area contributed by atoms with E-state index in [0.29, 0.717) is 29.7 Å². The second-order valence-corrected chi connectivity index (χ2v) is 10.5. The van der Waals surface area contributed by atoms with Gasteiger partial charge in [0.2, 0.25) is 0 Å². The fourth-order valence-electron chi connectivity index (χ4n) is 4.96. The second kappa shape index (κ2) is 13.7. The van der Waals surface area contributed by atoms with Crippen molar-refractivity contribution < 1.29 is 9.18 Å². The number of hydrogen-bond donors (Lipinski definition) is 1. The van der Waals surface area contributed by atoms with Crippen LogP contribution in [-0.4, -0.2) is 12.5 Å². The molecule has 0 saturated carbocycles. The first-order chi connectivity index (χ1) is 16.2. The minimum absolute atomic E-state index is 0.0715. The Kier molecular flexibility index (Phi) is 11.3. The highest BCUT2D eigenvalue weighted by Crippen LogP contribution is 2.41. The zero-order chi connectivity index (χ0) is 25.1. The number of hydrogen-bond acceptors (Lipinski definition) is 1. The van der Waals surface area contributed by atoms with E-state index in [9.17, 15) is 4.79 Å². The molecule has 0 aliphatic heterocycles. The van der Waals surface area contributed by atoms with Gasteiger partial charge in [-0.1, -0.05) is 83.6 Å². The molecular formula is C31H46FNO. The summed E-state index contributed by atoms with van der Waals surface area (Å²) in [6.45, 7) is 13.5. The molecule has 0 spiro atoms. The molecule has 0 unspecified atom stereocenters. The lowest BCUT2D eigenvalue weighted by Crippen LogP contribution is -2.24. The van der Waals surface area contributed by atoms with E-state index in [0.717, 1.165) is 31.2 Å². The number of halogens is 1. The Morgan fingerprint density at radius 3 is 2.50 bits per heavy atom. The van der Waals surface area contributed by atoms with Gasteiger partial charge in [0, 0.05) is 17.7 Å². The topological polar surface area (TPSA) is 29.1 Å². The third kappa shape index (κ3) is 7.96. The first kappa shape index (κ1) is 28.1. The van der Waals surface area contributed by atoms with Crippen molar-refractivity contribution in [1.82, 2.24) is 5.32 Å². The van der Waals surface area contributed by atoms with Gasteiger partial charge < -0.3 is 5.32 Å². The lowest BCUT2D eigenvalue weighted by atomic mass is 9.72. The molecule has 1 aromatic carbocycles. The smallest absolute Gasteiger partial charge is 0.251 e. The van der Waals surface area contributed by atoms with E-state index >= 15 is 4.39 Å². The molecule has 0 radical (unpaired) electrons. The Hall–Kier alpha value is -2.16. The van der Waals surface area contributed by atoms with Crippen molar-refractivity contribution in [3.63, 3.8) is 0 Å². The van der Waals surface area contributed by atoms with Crippen LogP contribution in [0.5, 0.6) is 0 Å². The molecule has 3 heteroatoms. The molecule has 0 fully saturated rings. The van der Waals surface area contributed by atoms with E-state index in [-0.39, 0.29) is 17.1 Å². The molecule has 188 valence electrons. The van der Waals surface area contributed by atoms with Crippen LogP contribution in [0.1, 0.15) is 121 Å². The summed E-state index contributed by atoms with van der Waals surface area (Å²) in [7, 11) is 0. The SMILES string of the molecule is CCCCCCCCNC(=O)c1ccc(/C(F)=C(C)/C=C/C2=C(C)CCCC2(C)C)c(CC)c1. The molecular weight excluding hydrogens is 421 g/mol. The molecule has 1 aromatic rings. The summed E-state index contributed by atoms with van der Waals surface area (Å²) < 4.78 is 15.4. The monoisotopic (exact) mass is 467 g/mol. The fraction of sp³-hybridized carbons (Fsp3) is 0.581. The standard InChI is InChI=1S/C31H46FNO/c1-7-9-10-11-12-13-21-33-30(34)26-17-18-27(25(8-2)22-26)29(32)24(4)16-19-28-23(3)15-14-20-31(28,5)6/h16-19,22H,7-15,20-21H2,1-6H3,(H,33,34)/b19-16+,29-24-. The van der Waals surface area contributed by atoms with Crippen LogP contribution < -0.4 is 5.32 Å². The Morgan fingerprint density at radius 2 is 1.82 bits per heavy atom. The summed E-state index contributed by atoms with van der Waals surface area (Å²) >= 11 is 0. The van der Waals surface area contributed by atoms with Gasteiger partial charge in [-0.15, -0.1) is 0 Å². The van der Waals surface area contributed by atoms with Gasteiger partial charge in [-0.05, 0) is 80.2 Å². The van der Waals surface area contributed by atoms with E-state index in [1.54, 1.807) is 12.1 Å². The molecule has 2 rings (SSSR count). The summed E-state index contributed by atoms with van der Waals surface area (Å²) in [6.07, 6.45) is 15.4. The van der Waals surface area contributed by atoms with Crippen molar-refractivity contribution in [2.45, 2.75) is 106 Å². The summed E-state index contributed by atoms with van der Waals surface area (Å²) in [4.78, 5) is 12.6. The maximum absolute atomic E-state index is 15.4. The average molecular weight is 468 g/mol. The number of carbonyl (C=O) groups is 1. The van der Waals surface area contributed by atoms with Crippen molar-refractivity contribution in [1.29, 1.82) is 0 Å². The summed E-state index contributed by atoms with van der Waals surface area (Å²) in [5.41, 5.74) is 5.56. The number of allylic oxidation sites excluding steroid dienone is 5. The van der Waals surface area contributed by atoms with Gasteiger partial charge >= 0.3 is 0 Å². The van der Waals surface area contributed by atoms with Crippen LogP contribution in [0, 0.1) is 5.41 Å². The van der Waals surface area contributed by atoms with Crippen LogP contribution >= 0.6 is 0 Å². The molecule has 0 bridgehead atoms. The quantitative estimate of drug-likeness (QED) is 0.241. The maximum Gasteiger partial charge on any atom is 0.251 e. The zero-order valence-electron chi connectivity index (χ0n) is 22.5. The van der Waals surface area contributed by atoms with Crippen molar-refractivity contribution >= 4 is 11.7 Å². The van der Waals surface area contributed by atoms with Gasteiger partial charge in [-0.2, -0.15) is 0 Å². The molecule has 0 atom stereocenters. The molecule has 1 N–H and O–H groups in total. The molecule has 0 aromatic heterocycles. The Bertz CT molecular complexity index is 919. The summed E-state index contributed by atoms with van der Waals surface area (Å²) in [6, 6.07) is 5.36. The van der Waals surface area contributed by atoms with Gasteiger partial charge in [0.25, 0.3) is 5.91 Å². The van der Waals surface area contributed by atoms with Crippen molar-refractivity contribution in [2.75, 3.05) is 6.54 Å². The van der Waals surface area contributed by atoms with Crippen molar-refractivity contribution in [2.24, 2.45) is 5.41 Å². The number of unbranched alkanes of at least 4 members (excludes halogenated alkanes) is 5. The van der Waals surface area contributed by atoms with Crippen LogP contribution in [0.4, 0.5) is 4.39 Å². The maximum atomic E-state index is 15.4. The Balaban J connectivity index is 2.09. The van der Waals surface area contributed by atoms with Gasteiger partial charge in [0.1, 0.15) is 5.83 Å². The molecule has 34 heavy (non-hydrogen) atoms. The Labute approximate surface area is 207 Å². The third-order valence-corrected chi connectivity index (χ3v) is 7.19. The van der Waals surface area contributed by atoms with E-state index in [4.69, 9.17) is 0 Å². The predicted molar refractivity (Wildman–Crippen MR) is 145 cm³/mol. The van der Waals surface area contributed by atoms with Gasteiger partial charge in [-0.3, -0.25) is 4.79 Å². The molecule has 1 amide bonds. The third-order valence-electron chi connectivity index (χ3n) is 7.19. The highest BCUT2D eigenvalue weighted by molar-refractivity contribution is 5.94. The van der Waals surface area contributed by atoms with Gasteiger partial charge in [0.15, 0.2) is 0 Å². The highest BCUT2D eigenvalue weighted by atomic mass is 19.1. The number of amides is 1. The Morgan fingerprint density at radius 1 is 1.12 bits per heavy atom. The van der Waals surface area contributed by atoms with Crippen molar-refractivity contribution in [3.05, 3.63) is 63.8 Å². The van der Waals surface area contributed by atoms with Crippen LogP contribution in [-0.2, 0) is 6.42 Å². The predicted octanol–water partition coefficient (Wildman–Crippen LogP) is 9.12. The number of carbonyl (C=O) groups excluding carboxylic acids is 1. The van der Waals surface area contributed by atoms with Crippen LogP contribution in [0.3, 0.4) is 0 Å². The van der Waals surface area contributed by atoms with Crippen LogP contribution in [0.25, 0.3) is 5.83 Å². The second-order valence-electron chi connectivity index (χ2n) is 10.5. The van der Waals surface area contributed by atoms with E-state index in [1.165, 1.54) is 43.3 Å². The fourth-order valence-corrected chi connectivity index (χ4v) is 4.96. The molecule has 1 aliphatic carbocycles. The highest BCUT2D eigenvalue weighted by Gasteiger charge is 2.26. The molecule has 0 saturated heterocycles. The van der Waals surface area contributed by atoms with Gasteiger partial charge in [-0.25, -0.2) is 4.39 Å². The lowest BCUT2D eigenvalue weighted by molar-refractivity contribution is 0.0953. The number of rotatable bonds is 12. The number of nitrogens with one attached hydrogen (secondary N) is 1. The van der Waals surface area contributed by atoms with E-state index in [1.807, 2.05) is 26.0 Å². The summed E-state index contributed by atoms with van der Waals surface area (Å²) in [5.74, 6) is -0.281. The zero-order valence-corrected chi connectivity index (χ0v) is 22.5. The molecule has 0 heterocycles. The largest absolute Gasteiger partial charge is 0.352 e. The number of benzene rings is 1. The van der Waals surface area contributed by atoms with Crippen LogP contribution in [0.2, 0.25) is 0 Å². The van der Waals surface area contributed by atoms with Gasteiger partial charge in [0.05, 0.1) is 0 Å². The normalized spacial score (nSPS) is 16.7. The van der Waals surface area contributed by atoms with E-state index in [2.05, 4.69) is 39.1 Å². The summed E-state index contributed by atoms with van der Waals surface area (Å²) in [5, 5.41) is 3.02. The lowest BCUT2D eigenvalue weighted by Gasteiger charge is -2.33. The number of aryl methyl sites for hydroxylation is 1. The first-order valence-corrected chi connectivity index (χ1v) is 13.4. The van der Waals surface area contributed by atoms with Crippen LogP contribution in [0.15, 0.2) is 47.1 Å². The first-order valence-electron chi connectivity index (χ1n) is 13.4. The van der Waals surface area contributed by atoms with Crippen molar-refractivity contribution in [3.8, 4) is 0 Å². The molecule has 1 aliphatic rings. The minimum Gasteiger partial charge on any atom is -0.352 e. The molecule has 2 nitrogen and oxygen atoms in total. The average Bonchev–Trinajstić information content (AvgIpc) is 2.81.